The average Bonchev–Trinajstić information content (AvgIpc) is 3.38. The highest BCUT2D eigenvalue weighted by Crippen LogP contribution is 2.49. The monoisotopic (exact) mass is 448 g/mol. The van der Waals surface area contributed by atoms with Crippen LogP contribution in [-0.4, -0.2) is 29.2 Å². The zero-order valence-electron chi connectivity index (χ0n) is 16.8. The van der Waals surface area contributed by atoms with Gasteiger partial charge in [0.15, 0.2) is 6.10 Å². The quantitative estimate of drug-likeness (QED) is 0.695. The van der Waals surface area contributed by atoms with Gasteiger partial charge in [-0.25, -0.2) is 4.79 Å². The molecule has 0 saturated heterocycles. The van der Waals surface area contributed by atoms with E-state index in [9.17, 15) is 9.59 Å². The van der Waals surface area contributed by atoms with Gasteiger partial charge >= 0.3 is 5.97 Å². The highest BCUT2D eigenvalue weighted by molar-refractivity contribution is 9.10. The maximum Gasteiger partial charge on any atom is 0.339 e. The number of ether oxygens (including phenoxy) is 2. The van der Waals surface area contributed by atoms with Crippen molar-refractivity contribution in [3.8, 4) is 0 Å². The molecule has 28 heavy (non-hydrogen) atoms. The third kappa shape index (κ3) is 3.14. The van der Waals surface area contributed by atoms with Gasteiger partial charge in [0, 0.05) is 21.1 Å². The average molecular weight is 449 g/mol. The van der Waals surface area contributed by atoms with Crippen LogP contribution < -0.4 is 5.32 Å². The Morgan fingerprint density at radius 1 is 1.36 bits per heavy atom. The fourth-order valence-corrected chi connectivity index (χ4v) is 4.80. The van der Waals surface area contributed by atoms with Crippen molar-refractivity contribution in [3.05, 3.63) is 27.4 Å². The molecule has 1 atom stereocenters. The summed E-state index contributed by atoms with van der Waals surface area (Å²) in [4.78, 5) is 25.1. The Morgan fingerprint density at radius 3 is 2.61 bits per heavy atom. The van der Waals surface area contributed by atoms with Crippen molar-refractivity contribution in [2.75, 3.05) is 12.4 Å². The zero-order chi connectivity index (χ0) is 20.4. The Bertz CT molecular complexity index is 998. The summed E-state index contributed by atoms with van der Waals surface area (Å²) in [5, 5.41) is 4.01. The lowest BCUT2D eigenvalue weighted by atomic mass is 9.97. The summed E-state index contributed by atoms with van der Waals surface area (Å²) in [6.45, 7) is 7.94. The highest BCUT2D eigenvalue weighted by atomic mass is 79.9. The number of nitrogens with zero attached hydrogens (tertiary/aromatic N) is 1. The van der Waals surface area contributed by atoms with Gasteiger partial charge in [0.1, 0.15) is 6.54 Å². The SMILES string of the molecule is COC(=O)[C@@H](OC(C)(C)C)c1c(C)c2c3c(cc(C4CC4)n3CC(=O)N2)c1Br. The van der Waals surface area contributed by atoms with Crippen LogP contribution in [0.5, 0.6) is 0 Å². The minimum absolute atomic E-state index is 0.0466. The number of anilines is 1. The van der Waals surface area contributed by atoms with Crippen LogP contribution in [0.2, 0.25) is 0 Å². The second-order valence-corrected chi connectivity index (χ2v) is 9.39. The number of carbonyl (C=O) groups is 2. The van der Waals surface area contributed by atoms with Gasteiger partial charge in [-0.2, -0.15) is 0 Å². The molecule has 7 heteroatoms. The Hall–Kier alpha value is -1.86. The first kappa shape index (κ1) is 19.5. The lowest BCUT2D eigenvalue weighted by molar-refractivity contribution is -0.164. The molecule has 1 aliphatic heterocycles. The van der Waals surface area contributed by atoms with E-state index in [0.717, 1.165) is 39.5 Å². The molecule has 6 nitrogen and oxygen atoms in total. The molecule has 1 saturated carbocycles. The van der Waals surface area contributed by atoms with Crippen LogP contribution in [0.1, 0.15) is 62.5 Å². The molecule has 0 unspecified atom stereocenters. The molecule has 2 aliphatic rings. The third-order valence-electron chi connectivity index (χ3n) is 5.33. The van der Waals surface area contributed by atoms with Crippen LogP contribution in [0, 0.1) is 6.92 Å². The van der Waals surface area contributed by atoms with Gasteiger partial charge in [-0.3, -0.25) is 4.79 Å². The zero-order valence-corrected chi connectivity index (χ0v) is 18.4. The third-order valence-corrected chi connectivity index (χ3v) is 6.18. The molecule has 1 aromatic carbocycles. The van der Waals surface area contributed by atoms with Crippen LogP contribution in [0.3, 0.4) is 0 Å². The predicted octanol–water partition coefficient (Wildman–Crippen LogP) is 4.57. The van der Waals surface area contributed by atoms with Crippen molar-refractivity contribution in [3.63, 3.8) is 0 Å². The second kappa shape index (κ2) is 6.59. The first-order chi connectivity index (χ1) is 13.1. The molecule has 150 valence electrons. The standard InChI is InChI=1S/C21H25BrN2O4/c1-10-15(19(20(26)27-5)28-21(2,3)4)16(22)12-8-13(11-6-7-11)24-9-14(25)23-17(10)18(12)24/h8,11,19H,6-7,9H2,1-5H3,(H,23,25)/t19-/m0/s1. The maximum absolute atomic E-state index is 12.6. The number of amides is 1. The van der Waals surface area contributed by atoms with Gasteiger partial charge < -0.3 is 19.4 Å². The molecule has 0 bridgehead atoms. The van der Waals surface area contributed by atoms with E-state index in [2.05, 4.69) is 31.9 Å². The number of methoxy groups -OCH3 is 1. The number of nitrogens with one attached hydrogen (secondary N) is 1. The summed E-state index contributed by atoms with van der Waals surface area (Å²) in [6.07, 6.45) is 1.40. The minimum atomic E-state index is -0.897. The van der Waals surface area contributed by atoms with Gasteiger partial charge in [0.25, 0.3) is 0 Å². The normalized spacial score (nSPS) is 17.6. The number of halogens is 1. The molecule has 0 spiro atoms. The topological polar surface area (TPSA) is 69.6 Å². The van der Waals surface area contributed by atoms with Crippen LogP contribution >= 0.6 is 15.9 Å². The molecular formula is C21H25BrN2O4. The summed E-state index contributed by atoms with van der Waals surface area (Å²) < 4.78 is 14.1. The molecule has 2 aromatic rings. The maximum atomic E-state index is 12.6. The Kier molecular flexibility index (Phi) is 4.58. The van der Waals surface area contributed by atoms with Crippen molar-refractivity contribution in [1.29, 1.82) is 0 Å². The van der Waals surface area contributed by atoms with E-state index in [-0.39, 0.29) is 5.91 Å². The van der Waals surface area contributed by atoms with Crippen molar-refractivity contribution in [2.45, 2.75) is 64.7 Å². The number of hydrogen-bond donors (Lipinski definition) is 1. The fraction of sp³-hybridized carbons (Fsp3) is 0.524. The molecule has 1 amide bonds. The first-order valence-corrected chi connectivity index (χ1v) is 10.3. The van der Waals surface area contributed by atoms with E-state index in [1.807, 2.05) is 27.7 Å². The second-order valence-electron chi connectivity index (χ2n) is 8.60. The number of esters is 1. The van der Waals surface area contributed by atoms with E-state index in [0.29, 0.717) is 18.0 Å². The number of aromatic nitrogens is 1. The van der Waals surface area contributed by atoms with Crippen molar-refractivity contribution >= 4 is 44.4 Å². The van der Waals surface area contributed by atoms with Crippen LogP contribution in [-0.2, 0) is 25.6 Å². The van der Waals surface area contributed by atoms with Crippen molar-refractivity contribution in [2.24, 2.45) is 0 Å². The largest absolute Gasteiger partial charge is 0.467 e. The van der Waals surface area contributed by atoms with Crippen LogP contribution in [0.4, 0.5) is 5.69 Å². The molecule has 2 heterocycles. The molecule has 0 radical (unpaired) electrons. The fourth-order valence-electron chi connectivity index (χ4n) is 3.99. The number of benzene rings is 1. The van der Waals surface area contributed by atoms with Gasteiger partial charge in [-0.05, 0) is 74.0 Å². The van der Waals surface area contributed by atoms with Crippen molar-refractivity contribution < 1.29 is 19.1 Å². The summed E-state index contributed by atoms with van der Waals surface area (Å²) >= 11 is 3.74. The Balaban J connectivity index is 1.99. The van der Waals surface area contributed by atoms with Crippen LogP contribution in [0.15, 0.2) is 10.5 Å². The molecular weight excluding hydrogens is 424 g/mol. The van der Waals surface area contributed by atoms with Gasteiger partial charge in [0.2, 0.25) is 5.91 Å². The number of hydrogen-bond acceptors (Lipinski definition) is 4. The minimum Gasteiger partial charge on any atom is -0.467 e. The van der Waals surface area contributed by atoms with E-state index >= 15 is 0 Å². The van der Waals surface area contributed by atoms with Gasteiger partial charge in [0.05, 0.1) is 23.9 Å². The van der Waals surface area contributed by atoms with E-state index in [4.69, 9.17) is 9.47 Å². The number of rotatable bonds is 4. The van der Waals surface area contributed by atoms with Crippen LogP contribution in [0.25, 0.3) is 10.9 Å². The molecule has 1 N–H and O–H groups in total. The molecule has 1 fully saturated rings. The summed E-state index contributed by atoms with van der Waals surface area (Å²) in [5.74, 6) is -0.00655. The highest BCUT2D eigenvalue weighted by Gasteiger charge is 2.37. The van der Waals surface area contributed by atoms with E-state index < -0.39 is 17.7 Å². The summed E-state index contributed by atoms with van der Waals surface area (Å²) in [5.41, 5.74) is 3.91. The van der Waals surface area contributed by atoms with E-state index in [1.165, 1.54) is 12.8 Å². The summed E-state index contributed by atoms with van der Waals surface area (Å²) in [6, 6.07) is 2.15. The lowest BCUT2D eigenvalue weighted by Gasteiger charge is -2.30. The molecule has 4 rings (SSSR count). The Labute approximate surface area is 172 Å². The molecule has 1 aromatic heterocycles. The van der Waals surface area contributed by atoms with Gasteiger partial charge in [-0.1, -0.05) is 0 Å². The Morgan fingerprint density at radius 2 is 2.04 bits per heavy atom. The van der Waals surface area contributed by atoms with Gasteiger partial charge in [-0.15, -0.1) is 0 Å². The molecule has 1 aliphatic carbocycles. The number of carbonyl (C=O) groups excluding carboxylic acids is 2. The lowest BCUT2D eigenvalue weighted by Crippen LogP contribution is -2.30. The van der Waals surface area contributed by atoms with Crippen molar-refractivity contribution in [1.82, 2.24) is 4.57 Å². The summed E-state index contributed by atoms with van der Waals surface area (Å²) in [7, 11) is 1.36. The smallest absolute Gasteiger partial charge is 0.339 e. The van der Waals surface area contributed by atoms with E-state index in [1.54, 1.807) is 0 Å². The first-order valence-electron chi connectivity index (χ1n) is 9.53. The predicted molar refractivity (Wildman–Crippen MR) is 111 cm³/mol.